The molecule has 0 saturated heterocycles. The second kappa shape index (κ2) is 4.39. The summed E-state index contributed by atoms with van der Waals surface area (Å²) < 4.78 is 6.85. The molecule has 0 atom stereocenters. The van der Waals surface area contributed by atoms with Crippen molar-refractivity contribution in [1.29, 1.82) is 0 Å². The first-order chi connectivity index (χ1) is 7.72. The number of fused-ring (bicyclic) bond motifs is 1. The predicted octanol–water partition coefficient (Wildman–Crippen LogP) is 2.51. The van der Waals surface area contributed by atoms with E-state index in [0.29, 0.717) is 6.61 Å². The van der Waals surface area contributed by atoms with Gasteiger partial charge < -0.3 is 9.30 Å². The average Bonchev–Trinajstić information content (AvgIpc) is 2.64. The second-order valence-electron chi connectivity index (χ2n) is 3.76. The van der Waals surface area contributed by atoms with Gasteiger partial charge in [0.15, 0.2) is 0 Å². The van der Waals surface area contributed by atoms with Gasteiger partial charge in [0.25, 0.3) is 0 Å². The molecule has 2 rings (SSSR count). The molecule has 0 radical (unpaired) electrons. The van der Waals surface area contributed by atoms with Gasteiger partial charge in [-0.2, -0.15) is 0 Å². The number of hydrogen-bond acceptors (Lipinski definition) is 2. The van der Waals surface area contributed by atoms with Gasteiger partial charge >= 0.3 is 5.97 Å². The molecule has 1 aromatic carbocycles. The Labute approximate surface area is 94.6 Å². The van der Waals surface area contributed by atoms with E-state index in [1.165, 1.54) is 10.9 Å². The molecule has 0 bridgehead atoms. The Morgan fingerprint density at radius 1 is 1.38 bits per heavy atom. The van der Waals surface area contributed by atoms with Crippen LogP contribution in [0.4, 0.5) is 0 Å². The Hall–Kier alpha value is -1.77. The molecule has 16 heavy (non-hydrogen) atoms. The third-order valence-corrected chi connectivity index (χ3v) is 2.64. The van der Waals surface area contributed by atoms with Crippen LogP contribution in [0.25, 0.3) is 10.9 Å². The number of carbonyl (C=O) groups excluding carboxylic acids is 1. The Kier molecular flexibility index (Phi) is 2.95. The molecule has 0 unspecified atom stereocenters. The molecule has 84 valence electrons. The van der Waals surface area contributed by atoms with Crippen molar-refractivity contribution in [2.45, 2.75) is 20.4 Å². The molecular weight excluding hydrogens is 202 g/mol. The van der Waals surface area contributed by atoms with Gasteiger partial charge in [0, 0.05) is 17.1 Å². The van der Waals surface area contributed by atoms with Gasteiger partial charge in [0.2, 0.25) is 0 Å². The summed E-state index contributed by atoms with van der Waals surface area (Å²) in [5, 5.41) is 1.19. The van der Waals surface area contributed by atoms with E-state index in [1.54, 1.807) is 0 Å². The zero-order chi connectivity index (χ0) is 11.5. The zero-order valence-electron chi connectivity index (χ0n) is 9.56. The summed E-state index contributed by atoms with van der Waals surface area (Å²) in [6, 6.07) is 8.11. The molecule has 3 nitrogen and oxygen atoms in total. The molecule has 3 heteroatoms. The van der Waals surface area contributed by atoms with E-state index in [2.05, 4.69) is 13.0 Å². The fourth-order valence-corrected chi connectivity index (χ4v) is 1.86. The summed E-state index contributed by atoms with van der Waals surface area (Å²) in [5.74, 6) is -0.193. The molecule has 0 saturated carbocycles. The molecule has 2 aromatic rings. The number of hydrogen-bond donors (Lipinski definition) is 0. The standard InChI is InChI=1S/C13H15NO2/c1-3-16-13(15)9-14-8-7-11-10(2)5-4-6-12(11)14/h4-8H,3,9H2,1-2H3. The van der Waals surface area contributed by atoms with Crippen molar-refractivity contribution in [3.05, 3.63) is 36.0 Å². The minimum absolute atomic E-state index is 0.193. The largest absolute Gasteiger partial charge is 0.465 e. The fraction of sp³-hybridized carbons (Fsp3) is 0.308. The Balaban J connectivity index is 2.32. The van der Waals surface area contributed by atoms with E-state index in [0.717, 1.165) is 5.52 Å². The number of aromatic nitrogens is 1. The van der Waals surface area contributed by atoms with Crippen LogP contribution >= 0.6 is 0 Å². The van der Waals surface area contributed by atoms with E-state index in [9.17, 15) is 4.79 Å². The van der Waals surface area contributed by atoms with Crippen LogP contribution in [-0.4, -0.2) is 17.1 Å². The van der Waals surface area contributed by atoms with Gasteiger partial charge in [-0.05, 0) is 31.5 Å². The first kappa shape index (κ1) is 10.7. The van der Waals surface area contributed by atoms with Crippen LogP contribution in [0.15, 0.2) is 30.5 Å². The first-order valence-corrected chi connectivity index (χ1v) is 5.42. The summed E-state index contributed by atoms with van der Waals surface area (Å²) in [6.07, 6.45) is 1.93. The third kappa shape index (κ3) is 1.94. The van der Waals surface area contributed by atoms with Gasteiger partial charge in [-0.25, -0.2) is 0 Å². The van der Waals surface area contributed by atoms with Gasteiger partial charge in [0.05, 0.1) is 6.61 Å². The molecule has 0 aliphatic carbocycles. The number of rotatable bonds is 3. The first-order valence-electron chi connectivity index (χ1n) is 5.42. The highest BCUT2D eigenvalue weighted by Crippen LogP contribution is 2.19. The van der Waals surface area contributed by atoms with Crippen LogP contribution in [0.5, 0.6) is 0 Å². The average molecular weight is 217 g/mol. The number of ether oxygens (including phenoxy) is 1. The van der Waals surface area contributed by atoms with E-state index in [-0.39, 0.29) is 12.5 Å². The summed E-state index contributed by atoms with van der Waals surface area (Å²) in [4.78, 5) is 11.4. The van der Waals surface area contributed by atoms with Crippen LogP contribution in [0.3, 0.4) is 0 Å². The van der Waals surface area contributed by atoms with E-state index >= 15 is 0 Å². The molecule has 1 heterocycles. The monoisotopic (exact) mass is 217 g/mol. The number of nitrogens with zero attached hydrogens (tertiary/aromatic N) is 1. The number of carbonyl (C=O) groups is 1. The fourth-order valence-electron chi connectivity index (χ4n) is 1.86. The summed E-state index contributed by atoms with van der Waals surface area (Å²) in [6.45, 7) is 4.59. The summed E-state index contributed by atoms with van der Waals surface area (Å²) in [5.41, 5.74) is 2.30. The van der Waals surface area contributed by atoms with Gasteiger partial charge in [-0.3, -0.25) is 4.79 Å². The topological polar surface area (TPSA) is 31.2 Å². The van der Waals surface area contributed by atoms with Gasteiger partial charge in [-0.15, -0.1) is 0 Å². The molecular formula is C13H15NO2. The van der Waals surface area contributed by atoms with Crippen molar-refractivity contribution in [2.75, 3.05) is 6.61 Å². The van der Waals surface area contributed by atoms with E-state index < -0.39 is 0 Å². The smallest absolute Gasteiger partial charge is 0.325 e. The highest BCUT2D eigenvalue weighted by atomic mass is 16.5. The summed E-state index contributed by atoms with van der Waals surface area (Å²) >= 11 is 0. The van der Waals surface area contributed by atoms with Crippen molar-refractivity contribution < 1.29 is 9.53 Å². The van der Waals surface area contributed by atoms with Crippen LogP contribution < -0.4 is 0 Å². The van der Waals surface area contributed by atoms with Crippen molar-refractivity contribution in [3.8, 4) is 0 Å². The predicted molar refractivity (Wildman–Crippen MR) is 63.3 cm³/mol. The normalized spacial score (nSPS) is 10.6. The van der Waals surface area contributed by atoms with E-state index in [1.807, 2.05) is 35.9 Å². The quantitative estimate of drug-likeness (QED) is 0.740. The van der Waals surface area contributed by atoms with Crippen LogP contribution in [0.2, 0.25) is 0 Å². The Morgan fingerprint density at radius 2 is 2.19 bits per heavy atom. The molecule has 0 aliphatic heterocycles. The number of benzene rings is 1. The zero-order valence-corrected chi connectivity index (χ0v) is 9.56. The lowest BCUT2D eigenvalue weighted by atomic mass is 10.1. The highest BCUT2D eigenvalue weighted by Gasteiger charge is 2.07. The van der Waals surface area contributed by atoms with Gasteiger partial charge in [0.1, 0.15) is 6.54 Å². The lowest BCUT2D eigenvalue weighted by Crippen LogP contribution is -2.12. The van der Waals surface area contributed by atoms with Crippen LogP contribution in [-0.2, 0) is 16.1 Å². The van der Waals surface area contributed by atoms with Gasteiger partial charge in [-0.1, -0.05) is 12.1 Å². The molecule has 0 amide bonds. The third-order valence-electron chi connectivity index (χ3n) is 2.64. The molecule has 0 N–H and O–H groups in total. The second-order valence-corrected chi connectivity index (χ2v) is 3.76. The van der Waals surface area contributed by atoms with Crippen LogP contribution in [0.1, 0.15) is 12.5 Å². The maximum atomic E-state index is 11.4. The highest BCUT2D eigenvalue weighted by molar-refractivity contribution is 5.84. The SMILES string of the molecule is CCOC(=O)Cn1ccc2c(C)cccc21. The maximum Gasteiger partial charge on any atom is 0.325 e. The molecule has 0 spiro atoms. The van der Waals surface area contributed by atoms with Crippen LogP contribution in [0, 0.1) is 6.92 Å². The number of esters is 1. The summed E-state index contributed by atoms with van der Waals surface area (Å²) in [7, 11) is 0. The lowest BCUT2D eigenvalue weighted by molar-refractivity contribution is -0.143. The van der Waals surface area contributed by atoms with E-state index in [4.69, 9.17) is 4.74 Å². The Bertz CT molecular complexity index is 514. The van der Waals surface area contributed by atoms with Crippen molar-refractivity contribution in [1.82, 2.24) is 4.57 Å². The van der Waals surface area contributed by atoms with Crippen molar-refractivity contribution >= 4 is 16.9 Å². The minimum atomic E-state index is -0.193. The number of aryl methyl sites for hydroxylation is 1. The molecule has 1 aromatic heterocycles. The maximum absolute atomic E-state index is 11.4. The molecule has 0 fully saturated rings. The molecule has 0 aliphatic rings. The van der Waals surface area contributed by atoms with Crippen molar-refractivity contribution in [3.63, 3.8) is 0 Å². The minimum Gasteiger partial charge on any atom is -0.465 e. The van der Waals surface area contributed by atoms with Crippen molar-refractivity contribution in [2.24, 2.45) is 0 Å². The Morgan fingerprint density at radius 3 is 2.94 bits per heavy atom. The lowest BCUT2D eigenvalue weighted by Gasteiger charge is -2.05.